The van der Waals surface area contributed by atoms with Gasteiger partial charge in [-0.05, 0) is 0 Å². The van der Waals surface area contributed by atoms with E-state index >= 15 is 0 Å². The van der Waals surface area contributed by atoms with Gasteiger partial charge in [-0.3, -0.25) is 0 Å². The molecule has 0 bridgehead atoms. The van der Waals surface area contributed by atoms with E-state index in [4.69, 9.17) is 0 Å². The average Bonchev–Trinajstić information content (AvgIpc) is 3.01. The topological polar surface area (TPSA) is 51.2 Å². The fraction of sp³-hybridized carbons (Fsp3) is 0.222. The van der Waals surface area contributed by atoms with Crippen molar-refractivity contribution >= 4 is 25.1 Å². The number of allylic oxidation sites excluding steroid dienone is 2. The molecule has 2 aromatic rings. The molecule has 1 N–H and O–H groups in total. The standard InChI is InChI=1S/C18H16F4N2O2Se/c1-4-5-14(19)11(3)16(25)24-17-23-9-15(27-17)13-7-6-12(8-10(13)2)26-18(20,21)22/h4-9,11H,1H2,2-3H3,(H,23,24,25)/b14-5+. The van der Waals surface area contributed by atoms with Crippen molar-refractivity contribution in [2.75, 3.05) is 5.32 Å². The number of carbonyl (C=O) groups is 1. The number of ether oxygens (including phenoxy) is 1. The van der Waals surface area contributed by atoms with Crippen molar-refractivity contribution < 1.29 is 27.1 Å². The van der Waals surface area contributed by atoms with Crippen molar-refractivity contribution in [2.24, 2.45) is 5.92 Å². The third-order valence-electron chi connectivity index (χ3n) is 3.52. The van der Waals surface area contributed by atoms with Crippen LogP contribution in [-0.2, 0) is 4.79 Å². The molecule has 1 atom stereocenters. The summed E-state index contributed by atoms with van der Waals surface area (Å²) < 4.78 is 55.6. The predicted octanol–water partition coefficient (Wildman–Crippen LogP) is 4.63. The summed E-state index contributed by atoms with van der Waals surface area (Å²) in [6, 6.07) is 4.02. The zero-order valence-electron chi connectivity index (χ0n) is 14.4. The first-order valence-corrected chi connectivity index (χ1v) is 9.43. The van der Waals surface area contributed by atoms with Gasteiger partial charge >= 0.3 is 159 Å². The molecule has 1 unspecified atom stereocenters. The minimum atomic E-state index is -4.75. The number of aryl methyl sites for hydroxylation is 1. The van der Waals surface area contributed by atoms with E-state index in [1.54, 1.807) is 13.1 Å². The molecule has 1 amide bonds. The molecule has 27 heavy (non-hydrogen) atoms. The SMILES string of the molecule is C=C/C=C(/F)C(C)C(=O)Nc1ncc(-c2ccc(OC(F)(F)F)cc2C)[se]1. The molecule has 1 aromatic carbocycles. The molecule has 0 fully saturated rings. The normalized spacial score (nSPS) is 13.2. The molecular weight excluding hydrogens is 431 g/mol. The zero-order valence-corrected chi connectivity index (χ0v) is 16.1. The van der Waals surface area contributed by atoms with Crippen molar-refractivity contribution in [3.63, 3.8) is 0 Å². The van der Waals surface area contributed by atoms with Gasteiger partial charge in [0.1, 0.15) is 0 Å². The molecular formula is C18H16F4N2O2Se. The molecule has 9 heteroatoms. The zero-order chi connectivity index (χ0) is 20.2. The van der Waals surface area contributed by atoms with Crippen molar-refractivity contribution in [3.05, 3.63) is 54.5 Å². The second-order valence-electron chi connectivity index (χ2n) is 5.55. The molecule has 144 valence electrons. The molecule has 2 rings (SSSR count). The number of halogens is 4. The first-order valence-electron chi connectivity index (χ1n) is 7.72. The number of benzene rings is 1. The number of hydrogen-bond donors (Lipinski definition) is 1. The van der Waals surface area contributed by atoms with E-state index < -0.39 is 24.0 Å². The Bertz CT molecular complexity index is 874. The Morgan fingerprint density at radius 3 is 2.70 bits per heavy atom. The third kappa shape index (κ3) is 5.80. The Kier molecular flexibility index (Phi) is 6.62. The predicted molar refractivity (Wildman–Crippen MR) is 95.2 cm³/mol. The van der Waals surface area contributed by atoms with Gasteiger partial charge in [0, 0.05) is 0 Å². The second-order valence-corrected chi connectivity index (χ2v) is 7.71. The Morgan fingerprint density at radius 1 is 1.41 bits per heavy atom. The van der Waals surface area contributed by atoms with Gasteiger partial charge in [0.15, 0.2) is 0 Å². The summed E-state index contributed by atoms with van der Waals surface area (Å²) in [5, 5.41) is 2.58. The molecule has 0 saturated heterocycles. The number of alkyl halides is 3. The van der Waals surface area contributed by atoms with Crippen molar-refractivity contribution in [2.45, 2.75) is 20.2 Å². The Labute approximate surface area is 159 Å². The van der Waals surface area contributed by atoms with Gasteiger partial charge in [-0.15, -0.1) is 0 Å². The van der Waals surface area contributed by atoms with Gasteiger partial charge in [0.25, 0.3) is 0 Å². The first-order chi connectivity index (χ1) is 12.6. The number of aromatic nitrogens is 1. The molecule has 1 aromatic heterocycles. The number of anilines is 1. The Balaban J connectivity index is 2.14. The average molecular weight is 447 g/mol. The Hall–Kier alpha value is -2.38. The molecule has 0 aliphatic carbocycles. The maximum absolute atomic E-state index is 13.7. The van der Waals surface area contributed by atoms with Crippen LogP contribution in [0.15, 0.2) is 49.0 Å². The van der Waals surface area contributed by atoms with Crippen molar-refractivity contribution in [3.8, 4) is 15.8 Å². The summed E-state index contributed by atoms with van der Waals surface area (Å²) in [6.45, 7) is 6.45. The number of rotatable bonds is 6. The van der Waals surface area contributed by atoms with E-state index in [9.17, 15) is 22.4 Å². The third-order valence-corrected chi connectivity index (χ3v) is 5.50. The fourth-order valence-electron chi connectivity index (χ4n) is 2.16. The van der Waals surface area contributed by atoms with Crippen LogP contribution in [0.4, 0.5) is 22.3 Å². The molecule has 0 spiro atoms. The van der Waals surface area contributed by atoms with Crippen LogP contribution in [0.1, 0.15) is 12.5 Å². The number of amides is 1. The van der Waals surface area contributed by atoms with Gasteiger partial charge in [-0.25, -0.2) is 0 Å². The van der Waals surface area contributed by atoms with Gasteiger partial charge < -0.3 is 0 Å². The van der Waals surface area contributed by atoms with Gasteiger partial charge in [0.05, 0.1) is 0 Å². The van der Waals surface area contributed by atoms with Crippen LogP contribution in [0, 0.1) is 12.8 Å². The molecule has 1 heterocycles. The van der Waals surface area contributed by atoms with E-state index in [2.05, 4.69) is 21.6 Å². The summed E-state index contributed by atoms with van der Waals surface area (Å²) in [5.74, 6) is -2.43. The number of nitrogens with one attached hydrogen (secondary N) is 1. The molecule has 0 radical (unpaired) electrons. The van der Waals surface area contributed by atoms with E-state index in [1.807, 2.05) is 0 Å². The fourth-order valence-corrected chi connectivity index (χ4v) is 4.07. The number of hydrogen-bond acceptors (Lipinski definition) is 3. The van der Waals surface area contributed by atoms with E-state index in [0.29, 0.717) is 15.8 Å². The van der Waals surface area contributed by atoms with Crippen LogP contribution in [0.2, 0.25) is 0 Å². The molecule has 0 saturated carbocycles. The van der Waals surface area contributed by atoms with Gasteiger partial charge in [0.2, 0.25) is 0 Å². The molecule has 0 aliphatic heterocycles. The quantitative estimate of drug-likeness (QED) is 0.399. The van der Waals surface area contributed by atoms with Crippen LogP contribution < -0.4 is 10.1 Å². The van der Waals surface area contributed by atoms with Gasteiger partial charge in [-0.1, -0.05) is 0 Å². The van der Waals surface area contributed by atoms with E-state index in [0.717, 1.165) is 10.5 Å². The number of nitrogens with zero attached hydrogens (tertiary/aromatic N) is 1. The van der Waals surface area contributed by atoms with Crippen LogP contribution in [0.5, 0.6) is 5.75 Å². The molecule has 0 aliphatic rings. The molecule has 4 nitrogen and oxygen atoms in total. The maximum atomic E-state index is 13.7. The van der Waals surface area contributed by atoms with Crippen LogP contribution >= 0.6 is 0 Å². The number of carbonyl (C=O) groups excluding carboxylic acids is 1. The van der Waals surface area contributed by atoms with Crippen molar-refractivity contribution in [1.29, 1.82) is 0 Å². The Morgan fingerprint density at radius 2 is 2.11 bits per heavy atom. The van der Waals surface area contributed by atoms with E-state index in [-0.39, 0.29) is 20.3 Å². The van der Waals surface area contributed by atoms with Crippen molar-refractivity contribution in [1.82, 2.24) is 4.98 Å². The monoisotopic (exact) mass is 448 g/mol. The minimum absolute atomic E-state index is 0.303. The summed E-state index contributed by atoms with van der Waals surface area (Å²) >= 11 is -0.370. The first kappa shape index (κ1) is 20.9. The van der Waals surface area contributed by atoms with Crippen LogP contribution in [0.3, 0.4) is 0 Å². The summed E-state index contributed by atoms with van der Waals surface area (Å²) in [5.41, 5.74) is 1.30. The second kappa shape index (κ2) is 8.54. The van der Waals surface area contributed by atoms with Gasteiger partial charge in [-0.2, -0.15) is 0 Å². The van der Waals surface area contributed by atoms with Crippen LogP contribution in [-0.4, -0.2) is 31.8 Å². The summed E-state index contributed by atoms with van der Waals surface area (Å²) in [7, 11) is 0. The summed E-state index contributed by atoms with van der Waals surface area (Å²) in [4.78, 5) is 16.2. The van der Waals surface area contributed by atoms with Crippen LogP contribution in [0.25, 0.3) is 10.0 Å². The summed E-state index contributed by atoms with van der Waals surface area (Å²) in [6.07, 6.45) is -0.839. The van der Waals surface area contributed by atoms with E-state index in [1.165, 1.54) is 31.2 Å².